The molecule has 5 nitrogen and oxygen atoms in total. The lowest BCUT2D eigenvalue weighted by Gasteiger charge is -2.43. The van der Waals surface area contributed by atoms with Gasteiger partial charge in [0.05, 0.1) is 12.7 Å². The molecule has 1 fully saturated rings. The Morgan fingerprint density at radius 1 is 0.875 bits per heavy atom. The smallest absolute Gasteiger partial charge is 0.114 e. The maximum atomic E-state index is 5.81. The van der Waals surface area contributed by atoms with Crippen molar-refractivity contribution in [1.82, 2.24) is 0 Å². The van der Waals surface area contributed by atoms with Crippen LogP contribution < -0.4 is 0 Å². The minimum atomic E-state index is -0.175. The summed E-state index contributed by atoms with van der Waals surface area (Å²) in [5.41, 5.74) is 0. The fourth-order valence-corrected chi connectivity index (χ4v) is 2.27. The van der Waals surface area contributed by atoms with Crippen molar-refractivity contribution in [1.29, 1.82) is 0 Å². The van der Waals surface area contributed by atoms with Crippen LogP contribution in [-0.4, -0.2) is 65.6 Å². The Labute approximate surface area is 97.0 Å². The van der Waals surface area contributed by atoms with E-state index >= 15 is 0 Å². The summed E-state index contributed by atoms with van der Waals surface area (Å²) in [6.45, 7) is 2.45. The molecule has 0 radical (unpaired) electrons. The van der Waals surface area contributed by atoms with E-state index in [0.717, 1.165) is 0 Å². The zero-order valence-corrected chi connectivity index (χ0v) is 10.6. The van der Waals surface area contributed by atoms with Crippen molar-refractivity contribution < 1.29 is 23.7 Å². The second-order valence-corrected chi connectivity index (χ2v) is 3.94. The molecule has 1 aliphatic rings. The molecule has 0 saturated carbocycles. The van der Waals surface area contributed by atoms with Crippen molar-refractivity contribution in [3.05, 3.63) is 0 Å². The molecule has 0 bridgehead atoms. The lowest BCUT2D eigenvalue weighted by Crippen LogP contribution is -2.59. The van der Waals surface area contributed by atoms with Crippen LogP contribution in [-0.2, 0) is 23.7 Å². The van der Waals surface area contributed by atoms with E-state index in [2.05, 4.69) is 0 Å². The highest BCUT2D eigenvalue weighted by Gasteiger charge is 2.45. The zero-order chi connectivity index (χ0) is 12.1. The fraction of sp³-hybridized carbons (Fsp3) is 1.00. The second kappa shape index (κ2) is 6.51. The predicted molar refractivity (Wildman–Crippen MR) is 58.6 cm³/mol. The lowest BCUT2D eigenvalue weighted by molar-refractivity contribution is -0.245. The molecule has 16 heavy (non-hydrogen) atoms. The Hall–Kier alpha value is -0.200. The summed E-state index contributed by atoms with van der Waals surface area (Å²) in [6, 6.07) is 0. The highest BCUT2D eigenvalue weighted by Crippen LogP contribution is 2.26. The molecule has 0 amide bonds. The van der Waals surface area contributed by atoms with Gasteiger partial charge in [-0.1, -0.05) is 0 Å². The van der Waals surface area contributed by atoms with Gasteiger partial charge in [-0.3, -0.25) is 0 Å². The third-order valence-electron chi connectivity index (χ3n) is 3.01. The molecule has 0 N–H and O–H groups in total. The molecule has 1 saturated heterocycles. The van der Waals surface area contributed by atoms with E-state index in [1.54, 1.807) is 28.4 Å². The zero-order valence-electron chi connectivity index (χ0n) is 10.6. The SMILES string of the molecule is COCC1OC(C)C(OC)C(OC)C1OC. The summed E-state index contributed by atoms with van der Waals surface area (Å²) in [5, 5.41) is 0. The second-order valence-electron chi connectivity index (χ2n) is 3.94. The molecule has 0 aliphatic carbocycles. The number of ether oxygens (including phenoxy) is 5. The average Bonchev–Trinajstić information content (AvgIpc) is 2.28. The minimum Gasteiger partial charge on any atom is -0.382 e. The summed E-state index contributed by atoms with van der Waals surface area (Å²) >= 11 is 0. The minimum absolute atomic E-state index is 0.0403. The number of hydrogen-bond donors (Lipinski definition) is 0. The molecule has 0 aromatic carbocycles. The quantitative estimate of drug-likeness (QED) is 0.692. The molecule has 1 heterocycles. The predicted octanol–water partition coefficient (Wildman–Crippen LogP) is 0.465. The van der Waals surface area contributed by atoms with E-state index < -0.39 is 0 Å². The Bertz CT molecular complexity index is 199. The molecule has 0 spiro atoms. The normalized spacial score (nSPS) is 39.9. The van der Waals surface area contributed by atoms with E-state index in [4.69, 9.17) is 23.7 Å². The first-order valence-corrected chi connectivity index (χ1v) is 5.42. The monoisotopic (exact) mass is 234 g/mol. The van der Waals surface area contributed by atoms with Gasteiger partial charge >= 0.3 is 0 Å². The van der Waals surface area contributed by atoms with Crippen LogP contribution in [0.25, 0.3) is 0 Å². The molecule has 5 heteroatoms. The Morgan fingerprint density at radius 2 is 1.44 bits per heavy atom. The summed E-state index contributed by atoms with van der Waals surface area (Å²) < 4.78 is 27.2. The van der Waals surface area contributed by atoms with Crippen molar-refractivity contribution >= 4 is 0 Å². The van der Waals surface area contributed by atoms with E-state index in [1.807, 2.05) is 6.92 Å². The van der Waals surface area contributed by atoms with Crippen molar-refractivity contribution in [2.24, 2.45) is 0 Å². The molecule has 5 atom stereocenters. The number of hydrogen-bond acceptors (Lipinski definition) is 5. The number of rotatable bonds is 5. The van der Waals surface area contributed by atoms with E-state index in [1.165, 1.54) is 0 Å². The van der Waals surface area contributed by atoms with Crippen LogP contribution in [0, 0.1) is 0 Å². The van der Waals surface area contributed by atoms with Gasteiger partial charge in [0, 0.05) is 28.4 Å². The molecule has 1 aliphatic heterocycles. The number of methoxy groups -OCH3 is 4. The Balaban J connectivity index is 2.78. The van der Waals surface area contributed by atoms with Gasteiger partial charge in [0.15, 0.2) is 0 Å². The maximum Gasteiger partial charge on any atom is 0.114 e. The highest BCUT2D eigenvalue weighted by molar-refractivity contribution is 4.93. The molecule has 0 aromatic heterocycles. The van der Waals surface area contributed by atoms with Crippen LogP contribution in [0.15, 0.2) is 0 Å². The first-order valence-electron chi connectivity index (χ1n) is 5.42. The molecular weight excluding hydrogens is 212 g/mol. The molecule has 1 rings (SSSR count). The fourth-order valence-electron chi connectivity index (χ4n) is 2.27. The van der Waals surface area contributed by atoms with E-state index in [9.17, 15) is 0 Å². The molecule has 96 valence electrons. The Morgan fingerprint density at radius 3 is 1.88 bits per heavy atom. The topological polar surface area (TPSA) is 46.2 Å². The van der Waals surface area contributed by atoms with Gasteiger partial charge in [-0.05, 0) is 6.92 Å². The van der Waals surface area contributed by atoms with Gasteiger partial charge in [-0.15, -0.1) is 0 Å². The van der Waals surface area contributed by atoms with Crippen molar-refractivity contribution in [2.45, 2.75) is 37.4 Å². The summed E-state index contributed by atoms with van der Waals surface area (Å²) in [7, 11) is 6.60. The van der Waals surface area contributed by atoms with Gasteiger partial charge in [0.1, 0.15) is 24.4 Å². The molecule has 0 aromatic rings. The summed E-state index contributed by atoms with van der Waals surface area (Å²) in [6.07, 6.45) is -0.601. The van der Waals surface area contributed by atoms with E-state index in [0.29, 0.717) is 6.61 Å². The third-order valence-corrected chi connectivity index (χ3v) is 3.01. The molecule has 5 unspecified atom stereocenters. The van der Waals surface area contributed by atoms with Crippen LogP contribution in [0.5, 0.6) is 0 Å². The maximum absolute atomic E-state index is 5.81. The van der Waals surface area contributed by atoms with Crippen LogP contribution >= 0.6 is 0 Å². The van der Waals surface area contributed by atoms with Gasteiger partial charge in [-0.2, -0.15) is 0 Å². The summed E-state index contributed by atoms with van der Waals surface area (Å²) in [5.74, 6) is 0. The van der Waals surface area contributed by atoms with Crippen LogP contribution in [0.4, 0.5) is 0 Å². The van der Waals surface area contributed by atoms with Gasteiger partial charge in [0.2, 0.25) is 0 Å². The largest absolute Gasteiger partial charge is 0.382 e. The third kappa shape index (κ3) is 2.73. The van der Waals surface area contributed by atoms with Crippen molar-refractivity contribution in [2.75, 3.05) is 35.0 Å². The standard InChI is InChI=1S/C11H22O5/c1-7-9(13-3)11(15-5)10(14-4)8(16-7)6-12-2/h7-11H,6H2,1-5H3. The highest BCUT2D eigenvalue weighted by atomic mass is 16.6. The van der Waals surface area contributed by atoms with Crippen molar-refractivity contribution in [3.8, 4) is 0 Å². The lowest BCUT2D eigenvalue weighted by atomic mass is 9.95. The first kappa shape index (κ1) is 13.9. The van der Waals surface area contributed by atoms with Crippen LogP contribution in [0.3, 0.4) is 0 Å². The summed E-state index contributed by atoms with van der Waals surface area (Å²) in [4.78, 5) is 0. The Kier molecular flexibility index (Phi) is 5.64. The molecular formula is C11H22O5. The van der Waals surface area contributed by atoms with Gasteiger partial charge in [0.25, 0.3) is 0 Å². The average molecular weight is 234 g/mol. The van der Waals surface area contributed by atoms with E-state index in [-0.39, 0.29) is 30.5 Å². The van der Waals surface area contributed by atoms with Crippen LogP contribution in [0.1, 0.15) is 6.92 Å². The van der Waals surface area contributed by atoms with Gasteiger partial charge in [-0.25, -0.2) is 0 Å². The van der Waals surface area contributed by atoms with Gasteiger partial charge < -0.3 is 23.7 Å². The van der Waals surface area contributed by atoms with Crippen LogP contribution in [0.2, 0.25) is 0 Å². The van der Waals surface area contributed by atoms with Crippen molar-refractivity contribution in [3.63, 3.8) is 0 Å². The first-order chi connectivity index (χ1) is 7.69.